The van der Waals surface area contributed by atoms with Crippen LogP contribution in [0.15, 0.2) is 41.4 Å². The van der Waals surface area contributed by atoms with Crippen molar-refractivity contribution in [3.05, 3.63) is 58.7 Å². The van der Waals surface area contributed by atoms with Crippen LogP contribution in [0.2, 0.25) is 0 Å². The minimum Gasteiger partial charge on any atom is -0.250 e. The molecule has 0 fully saturated rings. The van der Waals surface area contributed by atoms with Crippen LogP contribution in [0.25, 0.3) is 0 Å². The smallest absolute Gasteiger partial charge is 0.212 e. The molecule has 2 aromatic rings. The van der Waals surface area contributed by atoms with Crippen LogP contribution in [0.3, 0.4) is 0 Å². The summed E-state index contributed by atoms with van der Waals surface area (Å²) in [7, 11) is 2.17. The Hall–Kier alpha value is -2.22. The molecule has 0 N–H and O–H groups in total. The molecule has 0 spiro atoms. The number of nitrogens with zero attached hydrogens (tertiary/aromatic N) is 2. The average molecular weight is 406 g/mol. The Kier molecular flexibility index (Phi) is 8.18. The molecule has 0 radical (unpaired) electrons. The highest BCUT2D eigenvalue weighted by Crippen LogP contribution is 2.35. The third kappa shape index (κ3) is 5.28. The van der Waals surface area contributed by atoms with Crippen molar-refractivity contribution in [1.29, 1.82) is 0 Å². The Bertz CT molecular complexity index is 875. The zero-order valence-electron chi connectivity index (χ0n) is 20.7. The number of hydrogen-bond donors (Lipinski definition) is 0. The van der Waals surface area contributed by atoms with E-state index in [-0.39, 0.29) is 0 Å². The third-order valence-corrected chi connectivity index (χ3v) is 5.93. The van der Waals surface area contributed by atoms with Gasteiger partial charge in [-0.2, -0.15) is 4.58 Å². The van der Waals surface area contributed by atoms with Gasteiger partial charge in [-0.25, -0.2) is 4.99 Å². The van der Waals surface area contributed by atoms with Gasteiger partial charge in [0.05, 0.1) is 11.9 Å². The van der Waals surface area contributed by atoms with E-state index < -0.39 is 0 Å². The lowest BCUT2D eigenvalue weighted by molar-refractivity contribution is -0.404. The van der Waals surface area contributed by atoms with Gasteiger partial charge < -0.3 is 0 Å². The van der Waals surface area contributed by atoms with Crippen molar-refractivity contribution in [3.63, 3.8) is 0 Å². The molecule has 0 saturated heterocycles. The minimum absolute atomic E-state index is 0.447. The SMILES string of the molecule is CC(C=Nc1c(C(C)C)cccc1C(C)C)=[N+](C)c1c(C(C)C)cccc1C(C)C. The van der Waals surface area contributed by atoms with E-state index in [1.165, 1.54) is 27.9 Å². The number of hydrogen-bond acceptors (Lipinski definition) is 1. The quantitative estimate of drug-likeness (QED) is 0.325. The summed E-state index contributed by atoms with van der Waals surface area (Å²) in [6.07, 6.45) is 2.05. The van der Waals surface area contributed by atoms with Gasteiger partial charge in [-0.1, -0.05) is 91.8 Å². The Morgan fingerprint density at radius 2 is 1.07 bits per heavy atom. The van der Waals surface area contributed by atoms with E-state index in [0.29, 0.717) is 23.7 Å². The van der Waals surface area contributed by atoms with Gasteiger partial charge in [0.1, 0.15) is 7.05 Å². The molecule has 0 bridgehead atoms. The highest BCUT2D eigenvalue weighted by Gasteiger charge is 2.22. The zero-order valence-corrected chi connectivity index (χ0v) is 20.7. The molecular weight excluding hydrogens is 364 g/mol. The molecule has 0 saturated carbocycles. The largest absolute Gasteiger partial charge is 0.250 e. The molecular formula is C28H41N2+. The molecule has 2 aromatic carbocycles. The lowest BCUT2D eigenvalue weighted by Gasteiger charge is -2.17. The van der Waals surface area contributed by atoms with Crippen LogP contribution < -0.4 is 0 Å². The van der Waals surface area contributed by atoms with E-state index in [0.717, 1.165) is 11.4 Å². The summed E-state index contributed by atoms with van der Waals surface area (Å²) in [6, 6.07) is 13.3. The Morgan fingerprint density at radius 3 is 1.43 bits per heavy atom. The topological polar surface area (TPSA) is 15.4 Å². The lowest BCUT2D eigenvalue weighted by Crippen LogP contribution is -2.15. The summed E-state index contributed by atoms with van der Waals surface area (Å²) in [5.74, 6) is 1.84. The minimum atomic E-state index is 0.447. The second kappa shape index (κ2) is 10.2. The van der Waals surface area contributed by atoms with Crippen LogP contribution in [-0.4, -0.2) is 23.5 Å². The normalized spacial score (nSPS) is 13.3. The molecule has 2 heteroatoms. The molecule has 0 aliphatic rings. The fourth-order valence-corrected chi connectivity index (χ4v) is 3.98. The van der Waals surface area contributed by atoms with E-state index in [2.05, 4.69) is 110 Å². The van der Waals surface area contributed by atoms with Crippen molar-refractivity contribution in [2.45, 2.75) is 86.0 Å². The van der Waals surface area contributed by atoms with Crippen LogP contribution >= 0.6 is 0 Å². The number of para-hydroxylation sites is 2. The zero-order chi connectivity index (χ0) is 22.6. The molecule has 30 heavy (non-hydrogen) atoms. The maximum atomic E-state index is 5.04. The molecule has 0 aromatic heterocycles. The van der Waals surface area contributed by atoms with E-state index in [1.807, 2.05) is 6.21 Å². The predicted octanol–water partition coefficient (Wildman–Crippen LogP) is 8.32. The fraction of sp³-hybridized carbons (Fsp3) is 0.500. The van der Waals surface area contributed by atoms with Gasteiger partial charge in [0.25, 0.3) is 0 Å². The lowest BCUT2D eigenvalue weighted by atomic mass is 9.92. The number of benzene rings is 2. The van der Waals surface area contributed by atoms with Gasteiger partial charge >= 0.3 is 0 Å². The summed E-state index contributed by atoms with van der Waals surface area (Å²) >= 11 is 0. The van der Waals surface area contributed by atoms with Gasteiger partial charge in [-0.05, 0) is 34.8 Å². The second-order valence-electron chi connectivity index (χ2n) is 9.65. The van der Waals surface area contributed by atoms with Crippen molar-refractivity contribution in [2.75, 3.05) is 7.05 Å². The van der Waals surface area contributed by atoms with Crippen LogP contribution in [0.1, 0.15) is 108 Å². The molecule has 0 aliphatic carbocycles. The first kappa shape index (κ1) is 24.1. The molecule has 2 nitrogen and oxygen atoms in total. The van der Waals surface area contributed by atoms with Crippen molar-refractivity contribution >= 4 is 23.3 Å². The van der Waals surface area contributed by atoms with Crippen molar-refractivity contribution in [3.8, 4) is 0 Å². The van der Waals surface area contributed by atoms with Gasteiger partial charge in [-0.15, -0.1) is 0 Å². The first-order chi connectivity index (χ1) is 14.1. The molecule has 0 aliphatic heterocycles. The summed E-state index contributed by atoms with van der Waals surface area (Å²) in [5.41, 5.74) is 9.03. The molecule has 0 heterocycles. The molecule has 0 amide bonds. The van der Waals surface area contributed by atoms with E-state index >= 15 is 0 Å². The Balaban J connectivity index is 2.63. The highest BCUT2D eigenvalue weighted by atomic mass is 15.0. The van der Waals surface area contributed by atoms with Gasteiger partial charge in [0.2, 0.25) is 5.69 Å². The van der Waals surface area contributed by atoms with Crippen LogP contribution in [0, 0.1) is 0 Å². The summed E-state index contributed by atoms with van der Waals surface area (Å²) in [6.45, 7) is 20.2. The average Bonchev–Trinajstić information content (AvgIpc) is 2.70. The van der Waals surface area contributed by atoms with E-state index in [9.17, 15) is 0 Å². The first-order valence-electron chi connectivity index (χ1n) is 11.4. The van der Waals surface area contributed by atoms with Crippen molar-refractivity contribution in [2.24, 2.45) is 4.99 Å². The van der Waals surface area contributed by atoms with Gasteiger partial charge in [0, 0.05) is 18.1 Å². The number of aliphatic imine (C=N–C) groups is 1. The standard InChI is InChI=1S/C28H41N2/c1-18(2)23-13-11-14-24(19(3)4)27(23)29-17-22(9)30(10)28-25(20(5)6)15-12-16-26(28)21(7)8/h11-21H,1-10H3/q+1. The molecule has 0 atom stereocenters. The first-order valence-corrected chi connectivity index (χ1v) is 11.4. The molecule has 162 valence electrons. The van der Waals surface area contributed by atoms with Crippen molar-refractivity contribution in [1.82, 2.24) is 0 Å². The third-order valence-electron chi connectivity index (χ3n) is 5.93. The van der Waals surface area contributed by atoms with Crippen molar-refractivity contribution < 1.29 is 4.58 Å². The maximum Gasteiger partial charge on any atom is 0.212 e. The maximum absolute atomic E-state index is 5.04. The summed E-state index contributed by atoms with van der Waals surface area (Å²) in [4.78, 5) is 5.04. The highest BCUT2D eigenvalue weighted by molar-refractivity contribution is 6.27. The summed E-state index contributed by atoms with van der Waals surface area (Å²) < 4.78 is 2.32. The van der Waals surface area contributed by atoms with Crippen LogP contribution in [0.4, 0.5) is 11.4 Å². The second-order valence-corrected chi connectivity index (χ2v) is 9.65. The molecule has 2 rings (SSSR count). The van der Waals surface area contributed by atoms with Crippen LogP contribution in [-0.2, 0) is 0 Å². The Labute approximate surface area is 184 Å². The Morgan fingerprint density at radius 1 is 0.700 bits per heavy atom. The molecule has 0 unspecified atom stereocenters. The fourth-order valence-electron chi connectivity index (χ4n) is 3.98. The van der Waals surface area contributed by atoms with Crippen LogP contribution in [0.5, 0.6) is 0 Å². The predicted molar refractivity (Wildman–Crippen MR) is 134 cm³/mol. The van der Waals surface area contributed by atoms with Gasteiger partial charge in [-0.3, -0.25) is 0 Å². The van der Waals surface area contributed by atoms with Gasteiger partial charge in [0.15, 0.2) is 5.71 Å². The monoisotopic (exact) mass is 405 g/mol. The van der Waals surface area contributed by atoms with E-state index in [4.69, 9.17) is 4.99 Å². The summed E-state index contributed by atoms with van der Waals surface area (Å²) in [5, 5.41) is 0. The number of rotatable bonds is 7. The van der Waals surface area contributed by atoms with E-state index in [1.54, 1.807) is 0 Å².